The zero-order valence-corrected chi connectivity index (χ0v) is 12.6. The quantitative estimate of drug-likeness (QED) is 0.458. The van der Waals surface area contributed by atoms with Gasteiger partial charge in [0.2, 0.25) is 0 Å². The van der Waals surface area contributed by atoms with Crippen LogP contribution in [0.25, 0.3) is 0 Å². The maximum Gasteiger partial charge on any atom is 0.141 e. The molecule has 0 aliphatic rings. The highest BCUT2D eigenvalue weighted by molar-refractivity contribution is 9.10. The molecule has 0 fully saturated rings. The third kappa shape index (κ3) is 4.96. The van der Waals surface area contributed by atoms with Gasteiger partial charge >= 0.3 is 0 Å². The minimum absolute atomic E-state index is 0.317. The van der Waals surface area contributed by atoms with Gasteiger partial charge in [0.1, 0.15) is 18.2 Å². The van der Waals surface area contributed by atoms with Gasteiger partial charge in [0, 0.05) is 12.6 Å². The molecule has 0 spiro atoms. The average molecular weight is 337 g/mol. The van der Waals surface area contributed by atoms with E-state index in [4.69, 9.17) is 16.3 Å². The molecule has 1 rings (SSSR count). The van der Waals surface area contributed by atoms with Gasteiger partial charge in [-0.15, -0.1) is 0 Å². The van der Waals surface area contributed by atoms with Crippen LogP contribution in [0.3, 0.4) is 0 Å². The first kappa shape index (κ1) is 15.5. The van der Waals surface area contributed by atoms with Crippen molar-refractivity contribution in [3.8, 4) is 5.75 Å². The van der Waals surface area contributed by atoms with E-state index in [1.165, 1.54) is 12.1 Å². The molecule has 1 N–H and O–H groups in total. The standard InChI is InChI=1S/C13H16BrClFNO/c1-3-4-17-7-9(2)8-18-13-6-12(16)10(14)5-11(13)15/h5-6,17H,2-4,7-8H2,1H3. The molecule has 0 saturated carbocycles. The fourth-order valence-corrected chi connectivity index (χ4v) is 1.98. The maximum atomic E-state index is 13.3. The number of hydrogen-bond donors (Lipinski definition) is 1. The molecule has 1 aromatic carbocycles. The van der Waals surface area contributed by atoms with Crippen molar-refractivity contribution in [2.45, 2.75) is 13.3 Å². The second-order valence-electron chi connectivity index (χ2n) is 3.91. The molecule has 0 atom stereocenters. The van der Waals surface area contributed by atoms with E-state index in [1.54, 1.807) is 0 Å². The largest absolute Gasteiger partial charge is 0.488 e. The summed E-state index contributed by atoms with van der Waals surface area (Å²) in [4.78, 5) is 0. The first-order chi connectivity index (χ1) is 8.54. The minimum atomic E-state index is -0.399. The zero-order chi connectivity index (χ0) is 13.5. The van der Waals surface area contributed by atoms with Gasteiger partial charge in [-0.3, -0.25) is 0 Å². The molecule has 0 bridgehead atoms. The third-order valence-electron chi connectivity index (χ3n) is 2.21. The molecule has 0 unspecified atom stereocenters. The van der Waals surface area contributed by atoms with E-state index < -0.39 is 5.82 Å². The van der Waals surface area contributed by atoms with Crippen LogP contribution in [-0.2, 0) is 0 Å². The predicted octanol–water partition coefficient (Wildman–Crippen LogP) is 4.18. The summed E-state index contributed by atoms with van der Waals surface area (Å²) in [6.07, 6.45) is 1.07. The summed E-state index contributed by atoms with van der Waals surface area (Å²) < 4.78 is 19.1. The molecule has 100 valence electrons. The van der Waals surface area contributed by atoms with Gasteiger partial charge in [-0.05, 0) is 40.5 Å². The maximum absolute atomic E-state index is 13.3. The van der Waals surface area contributed by atoms with Crippen LogP contribution in [0, 0.1) is 5.82 Å². The summed E-state index contributed by atoms with van der Waals surface area (Å²) in [6.45, 7) is 7.91. The molecule has 2 nitrogen and oxygen atoms in total. The van der Waals surface area contributed by atoms with Gasteiger partial charge in [-0.25, -0.2) is 4.39 Å². The van der Waals surface area contributed by atoms with Crippen LogP contribution in [0.4, 0.5) is 4.39 Å². The molecule has 0 amide bonds. The van der Waals surface area contributed by atoms with Crippen LogP contribution in [0.1, 0.15) is 13.3 Å². The summed E-state index contributed by atoms with van der Waals surface area (Å²) in [6, 6.07) is 2.74. The Kier molecular flexibility index (Phi) is 6.68. The molecular formula is C13H16BrClFNO. The molecule has 0 radical (unpaired) electrons. The van der Waals surface area contributed by atoms with Gasteiger partial charge in [0.15, 0.2) is 0 Å². The summed E-state index contributed by atoms with van der Waals surface area (Å²) in [5.41, 5.74) is 0.892. The lowest BCUT2D eigenvalue weighted by Gasteiger charge is -2.11. The van der Waals surface area contributed by atoms with E-state index in [1.807, 2.05) is 0 Å². The summed E-state index contributed by atoms with van der Waals surface area (Å²) in [5.74, 6) is -0.0712. The number of hydrogen-bond acceptors (Lipinski definition) is 2. The number of halogens is 3. The van der Waals surface area contributed by atoms with E-state index in [9.17, 15) is 4.39 Å². The molecule has 0 aliphatic carbocycles. The molecule has 0 heterocycles. The van der Waals surface area contributed by atoms with Crippen molar-refractivity contribution in [1.82, 2.24) is 5.32 Å². The van der Waals surface area contributed by atoms with Crippen molar-refractivity contribution in [2.24, 2.45) is 0 Å². The van der Waals surface area contributed by atoms with Gasteiger partial charge in [0.25, 0.3) is 0 Å². The van der Waals surface area contributed by atoms with Crippen LogP contribution in [0.2, 0.25) is 5.02 Å². The molecule has 1 aromatic rings. The van der Waals surface area contributed by atoms with Crippen molar-refractivity contribution >= 4 is 27.5 Å². The second-order valence-corrected chi connectivity index (χ2v) is 5.17. The Balaban J connectivity index is 2.48. The molecule has 0 aliphatic heterocycles. The van der Waals surface area contributed by atoms with Crippen molar-refractivity contribution in [1.29, 1.82) is 0 Å². The SMILES string of the molecule is C=C(CNCCC)COc1cc(F)c(Br)cc1Cl. The summed E-state index contributed by atoms with van der Waals surface area (Å²) >= 11 is 9.00. The minimum Gasteiger partial charge on any atom is -0.488 e. The second kappa shape index (κ2) is 7.77. The lowest BCUT2D eigenvalue weighted by Crippen LogP contribution is -2.20. The van der Waals surface area contributed by atoms with Crippen LogP contribution in [-0.4, -0.2) is 19.7 Å². The van der Waals surface area contributed by atoms with Crippen LogP contribution < -0.4 is 10.1 Å². The van der Waals surface area contributed by atoms with Crippen molar-refractivity contribution < 1.29 is 9.13 Å². The smallest absolute Gasteiger partial charge is 0.141 e. The van der Waals surface area contributed by atoms with Crippen molar-refractivity contribution in [2.75, 3.05) is 19.7 Å². The monoisotopic (exact) mass is 335 g/mol. The van der Waals surface area contributed by atoms with Gasteiger partial charge in [-0.2, -0.15) is 0 Å². The van der Waals surface area contributed by atoms with E-state index in [0.717, 1.165) is 18.5 Å². The molecule has 5 heteroatoms. The fraction of sp³-hybridized carbons (Fsp3) is 0.385. The van der Waals surface area contributed by atoms with E-state index >= 15 is 0 Å². The predicted molar refractivity (Wildman–Crippen MR) is 76.9 cm³/mol. The van der Waals surface area contributed by atoms with Crippen LogP contribution in [0.5, 0.6) is 5.75 Å². The molecular weight excluding hydrogens is 321 g/mol. The summed E-state index contributed by atoms with van der Waals surface area (Å²) in [5, 5.41) is 3.58. The zero-order valence-electron chi connectivity index (χ0n) is 10.2. The summed E-state index contributed by atoms with van der Waals surface area (Å²) in [7, 11) is 0. The highest BCUT2D eigenvalue weighted by atomic mass is 79.9. The Hall–Kier alpha value is -0.580. The lowest BCUT2D eigenvalue weighted by atomic mass is 10.3. The third-order valence-corrected chi connectivity index (χ3v) is 3.11. The molecule has 0 saturated heterocycles. The Bertz CT molecular complexity index is 426. The Morgan fingerprint density at radius 3 is 2.94 bits per heavy atom. The molecule has 18 heavy (non-hydrogen) atoms. The van der Waals surface area contributed by atoms with Crippen LogP contribution in [0.15, 0.2) is 28.8 Å². The number of rotatable bonds is 7. The van der Waals surface area contributed by atoms with Crippen LogP contribution >= 0.6 is 27.5 Å². The fourth-order valence-electron chi connectivity index (χ4n) is 1.29. The topological polar surface area (TPSA) is 21.3 Å². The first-order valence-corrected chi connectivity index (χ1v) is 6.86. The lowest BCUT2D eigenvalue weighted by molar-refractivity contribution is 0.346. The Morgan fingerprint density at radius 2 is 2.28 bits per heavy atom. The van der Waals surface area contributed by atoms with E-state index in [-0.39, 0.29) is 0 Å². The number of benzene rings is 1. The Labute approximate surface area is 120 Å². The normalized spacial score (nSPS) is 10.4. The Morgan fingerprint density at radius 1 is 1.56 bits per heavy atom. The highest BCUT2D eigenvalue weighted by Gasteiger charge is 2.08. The van der Waals surface area contributed by atoms with E-state index in [0.29, 0.717) is 28.4 Å². The number of ether oxygens (including phenoxy) is 1. The highest BCUT2D eigenvalue weighted by Crippen LogP contribution is 2.30. The molecule has 0 aromatic heterocycles. The van der Waals surface area contributed by atoms with Gasteiger partial charge in [0.05, 0.1) is 9.50 Å². The van der Waals surface area contributed by atoms with Gasteiger partial charge in [-0.1, -0.05) is 25.1 Å². The van der Waals surface area contributed by atoms with Gasteiger partial charge < -0.3 is 10.1 Å². The van der Waals surface area contributed by atoms with Crippen molar-refractivity contribution in [3.63, 3.8) is 0 Å². The first-order valence-electron chi connectivity index (χ1n) is 5.69. The van der Waals surface area contributed by atoms with Crippen molar-refractivity contribution in [3.05, 3.63) is 39.6 Å². The average Bonchev–Trinajstić information content (AvgIpc) is 2.32. The van der Waals surface area contributed by atoms with E-state index in [2.05, 4.69) is 34.7 Å². The number of nitrogens with one attached hydrogen (secondary N) is 1.